The maximum Gasteiger partial charge on any atom is 0.286 e. The average molecular weight is 245 g/mol. The van der Waals surface area contributed by atoms with E-state index in [4.69, 9.17) is 13.9 Å². The molecule has 1 aromatic rings. The van der Waals surface area contributed by atoms with E-state index in [2.05, 4.69) is 10.2 Å². The van der Waals surface area contributed by atoms with Crippen LogP contribution in [0.5, 0.6) is 0 Å². The predicted molar refractivity (Wildman–Crippen MR) is 61.4 cm³/mol. The van der Waals surface area contributed by atoms with Crippen LogP contribution in [0.1, 0.15) is 20.8 Å². The largest absolute Gasteiger partial charge is 0.415 e. The van der Waals surface area contributed by atoms with E-state index in [1.165, 1.54) is 4.80 Å². The summed E-state index contributed by atoms with van der Waals surface area (Å²) in [6.45, 7) is 7.49. The Kier molecular flexibility index (Phi) is 5.60. The molecule has 1 rings (SSSR count). The molecule has 0 aliphatic carbocycles. The first-order valence-electron chi connectivity index (χ1n) is 5.51. The fraction of sp³-hybridized carbons (Fsp3) is 0.778. The molecule has 16 heavy (non-hydrogen) atoms. The van der Waals surface area contributed by atoms with E-state index < -0.39 is 15.3 Å². The van der Waals surface area contributed by atoms with Crippen molar-refractivity contribution in [1.29, 1.82) is 0 Å². The molecule has 0 fully saturated rings. The number of aromatic nitrogens is 3. The van der Waals surface area contributed by atoms with Gasteiger partial charge in [0.05, 0.1) is 12.4 Å². The molecule has 0 aliphatic heterocycles. The van der Waals surface area contributed by atoms with Crippen LogP contribution >= 0.6 is 0 Å². The summed E-state index contributed by atoms with van der Waals surface area (Å²) in [7, 11) is -1.08. The van der Waals surface area contributed by atoms with Gasteiger partial charge in [0.2, 0.25) is 0 Å². The maximum atomic E-state index is 5.67. The van der Waals surface area contributed by atoms with E-state index in [9.17, 15) is 0 Å². The second-order valence-corrected chi connectivity index (χ2v) is 4.62. The minimum absolute atomic E-state index is 0.529. The molecule has 0 aromatic carbocycles. The SMILES string of the molecule is CCO[SiH2]C(OCC)(OCC)n1nccn1. The Bertz CT molecular complexity index is 276. The number of hydrogen-bond donors (Lipinski definition) is 0. The zero-order valence-corrected chi connectivity index (χ0v) is 11.5. The van der Waals surface area contributed by atoms with Crippen LogP contribution in [-0.2, 0) is 19.4 Å². The molecule has 0 unspecified atom stereocenters. The molecule has 0 spiro atoms. The van der Waals surface area contributed by atoms with Crippen molar-refractivity contribution in [1.82, 2.24) is 15.0 Å². The van der Waals surface area contributed by atoms with Gasteiger partial charge in [-0.3, -0.25) is 0 Å². The Morgan fingerprint density at radius 2 is 1.62 bits per heavy atom. The topological polar surface area (TPSA) is 58.4 Å². The number of hydrogen-bond acceptors (Lipinski definition) is 5. The molecule has 0 N–H and O–H groups in total. The normalized spacial score (nSPS) is 12.7. The third-order valence-corrected chi connectivity index (χ3v) is 3.62. The quantitative estimate of drug-likeness (QED) is 0.478. The van der Waals surface area contributed by atoms with Crippen molar-refractivity contribution in [2.24, 2.45) is 0 Å². The van der Waals surface area contributed by atoms with E-state index in [-0.39, 0.29) is 0 Å². The second kappa shape index (κ2) is 6.74. The van der Waals surface area contributed by atoms with Gasteiger partial charge in [-0.1, -0.05) is 0 Å². The van der Waals surface area contributed by atoms with Gasteiger partial charge in [-0.25, -0.2) is 0 Å². The van der Waals surface area contributed by atoms with Gasteiger partial charge in [-0.15, -0.1) is 4.80 Å². The Morgan fingerprint density at radius 1 is 1.06 bits per heavy atom. The first-order valence-corrected chi connectivity index (χ1v) is 6.80. The van der Waals surface area contributed by atoms with E-state index in [1.54, 1.807) is 12.4 Å². The zero-order valence-electron chi connectivity index (χ0n) is 10.0. The monoisotopic (exact) mass is 245 g/mol. The van der Waals surface area contributed by atoms with Gasteiger partial charge in [0.25, 0.3) is 15.3 Å². The minimum atomic E-state index is -1.08. The summed E-state index contributed by atoms with van der Waals surface area (Å²) in [5.74, 6) is 0. The van der Waals surface area contributed by atoms with Gasteiger partial charge in [0.1, 0.15) is 0 Å². The van der Waals surface area contributed by atoms with Crippen LogP contribution in [0, 0.1) is 0 Å². The van der Waals surface area contributed by atoms with Gasteiger partial charge < -0.3 is 13.9 Å². The molecule has 0 saturated heterocycles. The second-order valence-electron chi connectivity index (χ2n) is 3.03. The summed E-state index contributed by atoms with van der Waals surface area (Å²) in [4.78, 5) is 1.46. The van der Waals surface area contributed by atoms with Gasteiger partial charge in [0.15, 0.2) is 0 Å². The molecular weight excluding hydrogens is 226 g/mol. The lowest BCUT2D eigenvalue weighted by Gasteiger charge is -2.31. The summed E-state index contributed by atoms with van der Waals surface area (Å²) in [6, 6.07) is 0. The van der Waals surface area contributed by atoms with Crippen LogP contribution in [0.2, 0.25) is 0 Å². The van der Waals surface area contributed by atoms with E-state index >= 15 is 0 Å². The smallest absolute Gasteiger partial charge is 0.286 e. The Hall–Kier alpha value is -0.763. The zero-order chi connectivity index (χ0) is 11.9. The van der Waals surface area contributed by atoms with Crippen molar-refractivity contribution < 1.29 is 13.9 Å². The van der Waals surface area contributed by atoms with Crippen LogP contribution in [0.25, 0.3) is 0 Å². The highest BCUT2D eigenvalue weighted by Crippen LogP contribution is 2.17. The van der Waals surface area contributed by atoms with Crippen LogP contribution in [-0.4, -0.2) is 44.6 Å². The first-order chi connectivity index (χ1) is 7.79. The molecule has 7 heteroatoms. The molecule has 92 valence electrons. The van der Waals surface area contributed by atoms with Gasteiger partial charge >= 0.3 is 0 Å². The molecule has 0 aliphatic rings. The van der Waals surface area contributed by atoms with Crippen molar-refractivity contribution in [2.45, 2.75) is 26.3 Å². The van der Waals surface area contributed by atoms with Gasteiger partial charge in [-0.05, 0) is 20.8 Å². The predicted octanol–water partition coefficient (Wildman–Crippen LogP) is 0.0392. The Labute approximate surface area is 97.8 Å². The number of rotatable bonds is 8. The Morgan fingerprint density at radius 3 is 2.06 bits per heavy atom. The molecule has 0 saturated carbocycles. The molecule has 0 amide bonds. The molecule has 0 atom stereocenters. The van der Waals surface area contributed by atoms with Crippen LogP contribution < -0.4 is 0 Å². The van der Waals surface area contributed by atoms with Gasteiger partial charge in [-0.2, -0.15) is 10.2 Å². The van der Waals surface area contributed by atoms with Crippen molar-refractivity contribution in [3.63, 3.8) is 0 Å². The lowest BCUT2D eigenvalue weighted by Crippen LogP contribution is -2.48. The fourth-order valence-corrected chi connectivity index (χ4v) is 2.69. The molecular formula is C9H19N3O3Si. The molecule has 6 nitrogen and oxygen atoms in total. The highest BCUT2D eigenvalue weighted by atomic mass is 28.2. The molecule has 0 radical (unpaired) electrons. The Balaban J connectivity index is 2.86. The summed E-state index contributed by atoms with van der Waals surface area (Å²) in [6.07, 6.45) is 3.21. The fourth-order valence-electron chi connectivity index (χ4n) is 1.37. The maximum absolute atomic E-state index is 5.67. The van der Waals surface area contributed by atoms with Crippen molar-refractivity contribution in [2.75, 3.05) is 19.8 Å². The summed E-state index contributed by atoms with van der Waals surface area (Å²) in [5, 5.41) is 8.18. The van der Waals surface area contributed by atoms with Crippen LogP contribution in [0.3, 0.4) is 0 Å². The number of nitrogens with zero attached hydrogens (tertiary/aromatic N) is 3. The summed E-state index contributed by atoms with van der Waals surface area (Å²) in [5.41, 5.74) is -0.914. The molecule has 1 aromatic heterocycles. The van der Waals surface area contributed by atoms with E-state index in [1.807, 2.05) is 20.8 Å². The van der Waals surface area contributed by atoms with E-state index in [0.717, 1.165) is 0 Å². The van der Waals surface area contributed by atoms with Crippen molar-refractivity contribution >= 4 is 9.76 Å². The average Bonchev–Trinajstić information content (AvgIpc) is 2.80. The lowest BCUT2D eigenvalue weighted by molar-refractivity contribution is -0.249. The summed E-state index contributed by atoms with van der Waals surface area (Å²) >= 11 is 0. The van der Waals surface area contributed by atoms with Crippen molar-refractivity contribution in [3.8, 4) is 0 Å². The number of ether oxygens (including phenoxy) is 2. The first kappa shape index (κ1) is 13.3. The van der Waals surface area contributed by atoms with E-state index in [0.29, 0.717) is 19.8 Å². The third-order valence-electron chi connectivity index (χ3n) is 1.95. The van der Waals surface area contributed by atoms with Crippen molar-refractivity contribution in [3.05, 3.63) is 12.4 Å². The van der Waals surface area contributed by atoms with Crippen LogP contribution in [0.15, 0.2) is 12.4 Å². The highest BCUT2D eigenvalue weighted by Gasteiger charge is 2.37. The summed E-state index contributed by atoms with van der Waals surface area (Å²) < 4.78 is 16.9. The van der Waals surface area contributed by atoms with Gasteiger partial charge in [0, 0.05) is 19.8 Å². The molecule has 1 heterocycles. The van der Waals surface area contributed by atoms with Crippen LogP contribution in [0.4, 0.5) is 0 Å². The third kappa shape index (κ3) is 3.11. The standard InChI is InChI=1S/C9H19N3O3Si/c1-4-13-9(14-5-2,16-15-6-3)12-10-7-8-11-12/h7-8H,4-6,16H2,1-3H3. The molecule has 0 bridgehead atoms. The lowest BCUT2D eigenvalue weighted by atomic mass is 10.8. The minimum Gasteiger partial charge on any atom is -0.415 e. The highest BCUT2D eigenvalue weighted by molar-refractivity contribution is 6.29.